The highest BCUT2D eigenvalue weighted by Crippen LogP contribution is 2.24. The van der Waals surface area contributed by atoms with Crippen LogP contribution in [0.3, 0.4) is 0 Å². The van der Waals surface area contributed by atoms with Crippen molar-refractivity contribution in [2.24, 2.45) is 0 Å². The van der Waals surface area contributed by atoms with Crippen LogP contribution in [-0.4, -0.2) is 51.1 Å². The third-order valence-corrected chi connectivity index (χ3v) is 5.00. The molecule has 1 saturated heterocycles. The zero-order valence-electron chi connectivity index (χ0n) is 14.9. The third-order valence-electron chi connectivity index (χ3n) is 4.79. The summed E-state index contributed by atoms with van der Waals surface area (Å²) in [7, 11) is 0. The van der Waals surface area contributed by atoms with Crippen molar-refractivity contribution < 1.29 is 4.52 Å². The molecule has 2 aromatic heterocycles. The van der Waals surface area contributed by atoms with Crippen LogP contribution in [0.2, 0.25) is 5.02 Å². The first kappa shape index (κ1) is 17.4. The van der Waals surface area contributed by atoms with Crippen LogP contribution in [0.5, 0.6) is 0 Å². The minimum Gasteiger partial charge on any atom is -0.339 e. The molecule has 3 heterocycles. The number of halogens is 1. The highest BCUT2D eigenvalue weighted by atomic mass is 35.5. The van der Waals surface area contributed by atoms with E-state index in [1.165, 1.54) is 5.56 Å². The standard InChI is InChI=1S/C19H22ClN5O/c1-2-18-22-17(23-26-18)13-25-8-6-24(7-9-25)12-15-11-16(20)10-14-4-3-5-21-19(14)15/h3-5,10-11H,2,6-9,12-13H2,1H3. The van der Waals surface area contributed by atoms with Gasteiger partial charge in [-0.25, -0.2) is 0 Å². The molecular formula is C19H22ClN5O. The first-order valence-corrected chi connectivity index (χ1v) is 9.38. The number of fused-ring (bicyclic) bond motifs is 1. The van der Waals surface area contributed by atoms with E-state index in [2.05, 4.69) is 31.0 Å². The smallest absolute Gasteiger partial charge is 0.226 e. The van der Waals surface area contributed by atoms with Gasteiger partial charge >= 0.3 is 0 Å². The third kappa shape index (κ3) is 3.87. The summed E-state index contributed by atoms with van der Waals surface area (Å²) in [4.78, 5) is 13.8. The monoisotopic (exact) mass is 371 g/mol. The number of pyridine rings is 1. The number of rotatable bonds is 5. The fourth-order valence-corrected chi connectivity index (χ4v) is 3.64. The van der Waals surface area contributed by atoms with Crippen molar-refractivity contribution in [1.82, 2.24) is 24.9 Å². The number of hydrogen-bond acceptors (Lipinski definition) is 6. The lowest BCUT2D eigenvalue weighted by molar-refractivity contribution is 0.119. The van der Waals surface area contributed by atoms with Crippen molar-refractivity contribution in [2.75, 3.05) is 26.2 Å². The molecule has 7 heteroatoms. The summed E-state index contributed by atoms with van der Waals surface area (Å²) in [6.45, 7) is 7.61. The van der Waals surface area contributed by atoms with Gasteiger partial charge in [0.25, 0.3) is 0 Å². The summed E-state index contributed by atoms with van der Waals surface area (Å²) >= 11 is 6.29. The maximum atomic E-state index is 6.29. The molecule has 6 nitrogen and oxygen atoms in total. The van der Waals surface area contributed by atoms with Crippen molar-refractivity contribution in [2.45, 2.75) is 26.4 Å². The van der Waals surface area contributed by atoms with Gasteiger partial charge in [-0.2, -0.15) is 4.98 Å². The van der Waals surface area contributed by atoms with Crippen LogP contribution in [0.25, 0.3) is 10.9 Å². The van der Waals surface area contributed by atoms with Gasteiger partial charge in [-0.05, 0) is 23.8 Å². The van der Waals surface area contributed by atoms with Crippen LogP contribution in [-0.2, 0) is 19.5 Å². The minimum absolute atomic E-state index is 0.707. The minimum atomic E-state index is 0.707. The largest absolute Gasteiger partial charge is 0.339 e. The lowest BCUT2D eigenvalue weighted by Crippen LogP contribution is -2.45. The molecular weight excluding hydrogens is 350 g/mol. The number of aryl methyl sites for hydroxylation is 1. The Kier molecular flexibility index (Phi) is 5.15. The van der Waals surface area contributed by atoms with Crippen molar-refractivity contribution in [3.63, 3.8) is 0 Å². The summed E-state index contributed by atoms with van der Waals surface area (Å²) in [5.74, 6) is 1.49. The van der Waals surface area contributed by atoms with E-state index in [0.717, 1.165) is 67.4 Å². The van der Waals surface area contributed by atoms with Crippen LogP contribution >= 0.6 is 11.6 Å². The molecule has 3 aromatic rings. The second-order valence-electron chi connectivity index (χ2n) is 6.65. The van der Waals surface area contributed by atoms with Gasteiger partial charge in [0.2, 0.25) is 5.89 Å². The van der Waals surface area contributed by atoms with Gasteiger partial charge in [0.15, 0.2) is 5.82 Å². The molecule has 0 aliphatic carbocycles. The predicted octanol–water partition coefficient (Wildman–Crippen LogP) is 3.15. The van der Waals surface area contributed by atoms with Gasteiger partial charge in [-0.1, -0.05) is 29.7 Å². The summed E-state index contributed by atoms with van der Waals surface area (Å²) in [6, 6.07) is 8.02. The summed E-state index contributed by atoms with van der Waals surface area (Å²) in [6.07, 6.45) is 2.62. The zero-order chi connectivity index (χ0) is 17.9. The number of hydrogen-bond donors (Lipinski definition) is 0. The van der Waals surface area contributed by atoms with E-state index < -0.39 is 0 Å². The number of benzene rings is 1. The van der Waals surface area contributed by atoms with Gasteiger partial charge in [0, 0.05) is 55.8 Å². The molecule has 1 aliphatic heterocycles. The molecule has 0 spiro atoms. The maximum absolute atomic E-state index is 6.29. The Morgan fingerprint density at radius 1 is 1.12 bits per heavy atom. The van der Waals surface area contributed by atoms with Gasteiger partial charge in [-0.15, -0.1) is 0 Å². The van der Waals surface area contributed by atoms with E-state index >= 15 is 0 Å². The second-order valence-corrected chi connectivity index (χ2v) is 7.09. The molecule has 1 aliphatic rings. The van der Waals surface area contributed by atoms with Crippen LogP contribution in [0, 0.1) is 0 Å². The Bertz CT molecular complexity index is 889. The Morgan fingerprint density at radius 3 is 2.62 bits per heavy atom. The van der Waals surface area contributed by atoms with Crippen molar-refractivity contribution in [3.8, 4) is 0 Å². The Hall–Kier alpha value is -2.02. The molecule has 0 N–H and O–H groups in total. The first-order valence-electron chi connectivity index (χ1n) is 9.00. The molecule has 0 amide bonds. The van der Waals surface area contributed by atoms with E-state index in [-0.39, 0.29) is 0 Å². The molecule has 1 aromatic carbocycles. The van der Waals surface area contributed by atoms with Crippen LogP contribution < -0.4 is 0 Å². The van der Waals surface area contributed by atoms with Crippen molar-refractivity contribution >= 4 is 22.5 Å². The van der Waals surface area contributed by atoms with Crippen LogP contribution in [0.4, 0.5) is 0 Å². The predicted molar refractivity (Wildman–Crippen MR) is 101 cm³/mol. The highest BCUT2D eigenvalue weighted by molar-refractivity contribution is 6.31. The van der Waals surface area contributed by atoms with Crippen molar-refractivity contribution in [1.29, 1.82) is 0 Å². The molecule has 0 bridgehead atoms. The van der Waals surface area contributed by atoms with Crippen LogP contribution in [0.15, 0.2) is 35.0 Å². The SMILES string of the molecule is CCc1nc(CN2CCN(Cc3cc(Cl)cc4cccnc34)CC2)no1. The van der Waals surface area contributed by atoms with E-state index in [1.807, 2.05) is 31.3 Å². The van der Waals surface area contributed by atoms with E-state index in [0.29, 0.717) is 5.89 Å². The highest BCUT2D eigenvalue weighted by Gasteiger charge is 2.20. The summed E-state index contributed by atoms with van der Waals surface area (Å²) in [5.41, 5.74) is 2.23. The average Bonchev–Trinajstić information content (AvgIpc) is 3.11. The molecule has 26 heavy (non-hydrogen) atoms. The molecule has 4 rings (SSSR count). The molecule has 0 saturated carbocycles. The first-order chi connectivity index (χ1) is 12.7. The fourth-order valence-electron chi connectivity index (χ4n) is 3.39. The number of piperazine rings is 1. The lowest BCUT2D eigenvalue weighted by atomic mass is 10.1. The molecule has 0 atom stereocenters. The van der Waals surface area contributed by atoms with E-state index in [1.54, 1.807) is 0 Å². The maximum Gasteiger partial charge on any atom is 0.226 e. The number of nitrogens with zero attached hydrogens (tertiary/aromatic N) is 5. The van der Waals surface area contributed by atoms with Gasteiger partial charge < -0.3 is 4.52 Å². The molecule has 0 radical (unpaired) electrons. The van der Waals surface area contributed by atoms with E-state index in [9.17, 15) is 0 Å². The zero-order valence-corrected chi connectivity index (χ0v) is 15.6. The Morgan fingerprint density at radius 2 is 1.88 bits per heavy atom. The second kappa shape index (κ2) is 7.70. The average molecular weight is 372 g/mol. The quantitative estimate of drug-likeness (QED) is 0.686. The summed E-state index contributed by atoms with van der Waals surface area (Å²) in [5, 5.41) is 5.91. The van der Waals surface area contributed by atoms with E-state index in [4.69, 9.17) is 16.1 Å². The molecule has 1 fully saturated rings. The topological polar surface area (TPSA) is 58.3 Å². The summed E-state index contributed by atoms with van der Waals surface area (Å²) < 4.78 is 5.19. The Balaban J connectivity index is 1.38. The number of aromatic nitrogens is 3. The fraction of sp³-hybridized carbons (Fsp3) is 0.421. The van der Waals surface area contributed by atoms with Gasteiger partial charge in [0.05, 0.1) is 12.1 Å². The molecule has 136 valence electrons. The Labute approximate surface area is 157 Å². The van der Waals surface area contributed by atoms with Gasteiger partial charge in [0.1, 0.15) is 0 Å². The van der Waals surface area contributed by atoms with Crippen LogP contribution in [0.1, 0.15) is 24.2 Å². The van der Waals surface area contributed by atoms with Gasteiger partial charge in [-0.3, -0.25) is 14.8 Å². The lowest BCUT2D eigenvalue weighted by Gasteiger charge is -2.34. The normalized spacial score (nSPS) is 16.4. The van der Waals surface area contributed by atoms with Crippen molar-refractivity contribution in [3.05, 3.63) is 52.8 Å². The molecule has 0 unspecified atom stereocenters.